The molecule has 130 valence electrons. The second-order valence-electron chi connectivity index (χ2n) is 4.87. The molecule has 0 saturated carbocycles. The molecule has 2 rings (SSSR count). The van der Waals surface area contributed by atoms with Gasteiger partial charge < -0.3 is 10.1 Å². The van der Waals surface area contributed by atoms with Crippen molar-refractivity contribution in [3.05, 3.63) is 74.5 Å². The fraction of sp³-hybridized carbons (Fsp3) is 0.125. The molecule has 25 heavy (non-hydrogen) atoms. The molecule has 9 heteroatoms. The highest BCUT2D eigenvalue weighted by molar-refractivity contribution is 6.32. The number of benzene rings is 2. The average molecular weight is 367 g/mol. The highest BCUT2D eigenvalue weighted by atomic mass is 35.5. The fourth-order valence-electron chi connectivity index (χ4n) is 1.88. The number of rotatable bonds is 6. The van der Waals surface area contributed by atoms with E-state index in [4.69, 9.17) is 16.3 Å². The van der Waals surface area contributed by atoms with Gasteiger partial charge in [-0.2, -0.15) is 0 Å². The summed E-state index contributed by atoms with van der Waals surface area (Å²) in [4.78, 5) is 33.5. The molecule has 2 aromatic carbocycles. The summed E-state index contributed by atoms with van der Waals surface area (Å²) < 4.78 is 18.2. The maximum Gasteiger partial charge on any atom is 0.338 e. The molecule has 0 bridgehead atoms. The SMILES string of the molecule is O=C(COC(=O)c1ccc(Cl)c([N+](=O)[O-])c1)NCc1ccccc1F. The highest BCUT2D eigenvalue weighted by Crippen LogP contribution is 2.25. The summed E-state index contributed by atoms with van der Waals surface area (Å²) >= 11 is 5.65. The number of esters is 1. The van der Waals surface area contributed by atoms with Gasteiger partial charge >= 0.3 is 5.97 Å². The lowest BCUT2D eigenvalue weighted by molar-refractivity contribution is -0.384. The minimum Gasteiger partial charge on any atom is -0.452 e. The van der Waals surface area contributed by atoms with Crippen LogP contribution in [-0.2, 0) is 16.1 Å². The minimum atomic E-state index is -0.916. The molecule has 0 spiro atoms. The van der Waals surface area contributed by atoms with Gasteiger partial charge in [0, 0.05) is 18.2 Å². The van der Waals surface area contributed by atoms with Crippen molar-refractivity contribution in [2.45, 2.75) is 6.54 Å². The summed E-state index contributed by atoms with van der Waals surface area (Å²) in [6.45, 7) is -0.667. The van der Waals surface area contributed by atoms with E-state index in [1.807, 2.05) is 0 Å². The molecular formula is C16H12ClFN2O5. The molecule has 0 atom stereocenters. The van der Waals surface area contributed by atoms with E-state index in [9.17, 15) is 24.1 Å². The number of hydrogen-bond donors (Lipinski definition) is 1. The second-order valence-corrected chi connectivity index (χ2v) is 5.27. The van der Waals surface area contributed by atoms with Crippen molar-refractivity contribution in [3.63, 3.8) is 0 Å². The molecule has 0 unspecified atom stereocenters. The van der Waals surface area contributed by atoms with Crippen LogP contribution < -0.4 is 5.32 Å². The van der Waals surface area contributed by atoms with E-state index in [1.54, 1.807) is 6.07 Å². The number of carbonyl (C=O) groups excluding carboxylic acids is 2. The van der Waals surface area contributed by atoms with Crippen LogP contribution in [0, 0.1) is 15.9 Å². The Bertz CT molecular complexity index is 828. The molecule has 0 radical (unpaired) electrons. The van der Waals surface area contributed by atoms with Gasteiger partial charge in [0.15, 0.2) is 6.61 Å². The van der Waals surface area contributed by atoms with E-state index in [0.717, 1.165) is 6.07 Å². The Balaban J connectivity index is 1.89. The second kappa shape index (κ2) is 8.20. The van der Waals surface area contributed by atoms with Gasteiger partial charge in [-0.3, -0.25) is 14.9 Å². The molecule has 2 aromatic rings. The summed E-state index contributed by atoms with van der Waals surface area (Å²) in [5, 5.41) is 13.1. The van der Waals surface area contributed by atoms with Crippen molar-refractivity contribution in [1.82, 2.24) is 5.32 Å². The lowest BCUT2D eigenvalue weighted by Gasteiger charge is -2.07. The third-order valence-corrected chi connectivity index (χ3v) is 3.47. The molecular weight excluding hydrogens is 355 g/mol. The number of ether oxygens (including phenoxy) is 1. The van der Waals surface area contributed by atoms with Crippen molar-refractivity contribution >= 4 is 29.2 Å². The van der Waals surface area contributed by atoms with Crippen LogP contribution in [0.3, 0.4) is 0 Å². The van der Waals surface area contributed by atoms with Crippen molar-refractivity contribution < 1.29 is 23.6 Å². The molecule has 0 fully saturated rings. The van der Waals surface area contributed by atoms with E-state index < -0.39 is 34.9 Å². The zero-order valence-corrected chi connectivity index (χ0v) is 13.5. The summed E-state index contributed by atoms with van der Waals surface area (Å²) in [6, 6.07) is 9.31. The van der Waals surface area contributed by atoms with Gasteiger partial charge in [-0.1, -0.05) is 29.8 Å². The molecule has 0 saturated heterocycles. The van der Waals surface area contributed by atoms with E-state index >= 15 is 0 Å². The maximum atomic E-state index is 13.4. The third-order valence-electron chi connectivity index (χ3n) is 3.15. The van der Waals surface area contributed by atoms with Gasteiger partial charge in [-0.25, -0.2) is 9.18 Å². The minimum absolute atomic E-state index is 0.0600. The summed E-state index contributed by atoms with van der Waals surface area (Å²) in [7, 11) is 0. The Hall–Kier alpha value is -3.00. The lowest BCUT2D eigenvalue weighted by atomic mass is 10.2. The van der Waals surface area contributed by atoms with Crippen LogP contribution in [-0.4, -0.2) is 23.4 Å². The molecule has 7 nitrogen and oxygen atoms in total. The number of halogens is 2. The molecule has 1 amide bonds. The fourth-order valence-corrected chi connectivity index (χ4v) is 2.07. The first-order valence-corrected chi connectivity index (χ1v) is 7.37. The third kappa shape index (κ3) is 4.98. The Morgan fingerprint density at radius 1 is 1.24 bits per heavy atom. The van der Waals surface area contributed by atoms with Crippen molar-refractivity contribution in [3.8, 4) is 0 Å². The molecule has 0 aliphatic carbocycles. The Morgan fingerprint density at radius 3 is 2.64 bits per heavy atom. The van der Waals surface area contributed by atoms with Crippen LogP contribution in [0.25, 0.3) is 0 Å². The summed E-state index contributed by atoms with van der Waals surface area (Å²) in [6.07, 6.45) is 0. The van der Waals surface area contributed by atoms with Crippen molar-refractivity contribution in [1.29, 1.82) is 0 Å². The lowest BCUT2D eigenvalue weighted by Crippen LogP contribution is -2.28. The van der Waals surface area contributed by atoms with Crippen LogP contribution >= 0.6 is 11.6 Å². The first-order valence-electron chi connectivity index (χ1n) is 6.99. The number of hydrogen-bond acceptors (Lipinski definition) is 5. The number of amides is 1. The van der Waals surface area contributed by atoms with Gasteiger partial charge in [0.25, 0.3) is 11.6 Å². The quantitative estimate of drug-likeness (QED) is 0.481. The van der Waals surface area contributed by atoms with E-state index in [1.165, 1.54) is 30.3 Å². The number of nitro benzene ring substituents is 1. The Labute approximate surface area is 146 Å². The largest absolute Gasteiger partial charge is 0.452 e. The topological polar surface area (TPSA) is 98.5 Å². The van der Waals surface area contributed by atoms with Crippen LogP contribution in [0.15, 0.2) is 42.5 Å². The average Bonchev–Trinajstić information content (AvgIpc) is 2.59. The smallest absolute Gasteiger partial charge is 0.338 e. The predicted molar refractivity (Wildman–Crippen MR) is 86.6 cm³/mol. The highest BCUT2D eigenvalue weighted by Gasteiger charge is 2.18. The number of nitrogens with zero attached hydrogens (tertiary/aromatic N) is 1. The molecule has 0 heterocycles. The van der Waals surface area contributed by atoms with Crippen LogP contribution in [0.5, 0.6) is 0 Å². The van der Waals surface area contributed by atoms with Crippen LogP contribution in [0.1, 0.15) is 15.9 Å². The summed E-state index contributed by atoms with van der Waals surface area (Å²) in [5.41, 5.74) is -0.270. The molecule has 0 aliphatic heterocycles. The van der Waals surface area contributed by atoms with Crippen LogP contribution in [0.2, 0.25) is 5.02 Å². The van der Waals surface area contributed by atoms with Gasteiger partial charge in [0.05, 0.1) is 10.5 Å². The monoisotopic (exact) mass is 366 g/mol. The predicted octanol–water partition coefficient (Wildman–Crippen LogP) is 2.86. The normalized spacial score (nSPS) is 10.2. The molecule has 1 N–H and O–H groups in total. The Morgan fingerprint density at radius 2 is 1.96 bits per heavy atom. The van der Waals surface area contributed by atoms with Crippen molar-refractivity contribution in [2.75, 3.05) is 6.61 Å². The standard InChI is InChI=1S/C16H12ClFN2O5/c17-12-6-5-10(7-14(12)20(23)24)16(22)25-9-15(21)19-8-11-3-1-2-4-13(11)18/h1-7H,8-9H2,(H,19,21). The Kier molecular flexibility index (Phi) is 6.02. The number of carbonyl (C=O) groups is 2. The van der Waals surface area contributed by atoms with E-state index in [2.05, 4.69) is 5.32 Å². The maximum absolute atomic E-state index is 13.4. The zero-order chi connectivity index (χ0) is 18.4. The number of nitro groups is 1. The van der Waals surface area contributed by atoms with Gasteiger partial charge in [0.2, 0.25) is 0 Å². The van der Waals surface area contributed by atoms with E-state index in [-0.39, 0.29) is 22.7 Å². The van der Waals surface area contributed by atoms with Crippen LogP contribution in [0.4, 0.5) is 10.1 Å². The molecule has 0 aromatic heterocycles. The summed E-state index contributed by atoms with van der Waals surface area (Å²) in [5.74, 6) is -2.02. The van der Waals surface area contributed by atoms with Gasteiger partial charge in [0.1, 0.15) is 10.8 Å². The van der Waals surface area contributed by atoms with Gasteiger partial charge in [-0.05, 0) is 18.2 Å². The van der Waals surface area contributed by atoms with Crippen molar-refractivity contribution in [2.24, 2.45) is 0 Å². The first kappa shape index (κ1) is 18.3. The number of nitrogens with one attached hydrogen (secondary N) is 1. The van der Waals surface area contributed by atoms with E-state index in [0.29, 0.717) is 0 Å². The van der Waals surface area contributed by atoms with Gasteiger partial charge in [-0.15, -0.1) is 0 Å². The zero-order valence-electron chi connectivity index (χ0n) is 12.7. The first-order chi connectivity index (χ1) is 11.9. The molecule has 0 aliphatic rings.